The molecule has 2 amide bonds. The highest BCUT2D eigenvalue weighted by Crippen LogP contribution is 2.26. The third-order valence-corrected chi connectivity index (χ3v) is 6.00. The number of methoxy groups -OCH3 is 1. The number of aryl methyl sites for hydroxylation is 1. The minimum atomic E-state index is -0.245. The molecule has 4 aromatic rings. The number of carbonyl (C=O) groups is 2. The number of hydrogen-bond donors (Lipinski definition) is 2. The number of benzene rings is 2. The van der Waals surface area contributed by atoms with Crippen molar-refractivity contribution in [2.45, 2.75) is 25.8 Å². The SMILES string of the molecule is COc1ccc(CCC(=O)NCc2ccccc2-c2cccnc2C(=O)NCCc2ccccn2)cc1. The van der Waals surface area contributed by atoms with Gasteiger partial charge in [-0.15, -0.1) is 0 Å². The molecule has 188 valence electrons. The van der Waals surface area contributed by atoms with Crippen molar-refractivity contribution in [1.29, 1.82) is 0 Å². The van der Waals surface area contributed by atoms with E-state index in [1.54, 1.807) is 19.5 Å². The van der Waals surface area contributed by atoms with Gasteiger partial charge in [0.2, 0.25) is 5.91 Å². The first kappa shape index (κ1) is 25.6. The minimum Gasteiger partial charge on any atom is -0.497 e. The van der Waals surface area contributed by atoms with Crippen LogP contribution in [0.25, 0.3) is 11.1 Å². The summed E-state index contributed by atoms with van der Waals surface area (Å²) in [6, 6.07) is 24.9. The Labute approximate surface area is 216 Å². The van der Waals surface area contributed by atoms with Gasteiger partial charge in [-0.3, -0.25) is 19.6 Å². The molecule has 0 atom stereocenters. The summed E-state index contributed by atoms with van der Waals surface area (Å²) in [4.78, 5) is 34.2. The van der Waals surface area contributed by atoms with E-state index in [0.29, 0.717) is 38.0 Å². The normalized spacial score (nSPS) is 10.5. The largest absolute Gasteiger partial charge is 0.497 e. The predicted octanol–water partition coefficient (Wildman–Crippen LogP) is 4.37. The molecule has 0 unspecified atom stereocenters. The first-order valence-corrected chi connectivity index (χ1v) is 12.2. The van der Waals surface area contributed by atoms with Gasteiger partial charge in [-0.1, -0.05) is 48.5 Å². The van der Waals surface area contributed by atoms with Crippen LogP contribution in [0.3, 0.4) is 0 Å². The van der Waals surface area contributed by atoms with Crippen molar-refractivity contribution in [3.63, 3.8) is 0 Å². The van der Waals surface area contributed by atoms with E-state index in [0.717, 1.165) is 33.7 Å². The van der Waals surface area contributed by atoms with Gasteiger partial charge in [-0.25, -0.2) is 0 Å². The maximum absolute atomic E-state index is 13.0. The number of nitrogens with zero attached hydrogens (tertiary/aromatic N) is 2. The van der Waals surface area contributed by atoms with Crippen molar-refractivity contribution < 1.29 is 14.3 Å². The van der Waals surface area contributed by atoms with Gasteiger partial charge in [-0.05, 0) is 53.4 Å². The monoisotopic (exact) mass is 494 g/mol. The Morgan fingerprint density at radius 1 is 0.784 bits per heavy atom. The van der Waals surface area contributed by atoms with Crippen LogP contribution in [0.1, 0.15) is 33.7 Å². The molecule has 2 aromatic heterocycles. The second-order valence-corrected chi connectivity index (χ2v) is 8.51. The summed E-state index contributed by atoms with van der Waals surface area (Å²) in [5.41, 5.74) is 4.84. The average Bonchev–Trinajstić information content (AvgIpc) is 2.96. The lowest BCUT2D eigenvalue weighted by Crippen LogP contribution is -2.27. The second kappa shape index (κ2) is 13.0. The van der Waals surface area contributed by atoms with E-state index < -0.39 is 0 Å². The average molecular weight is 495 g/mol. The Hall–Kier alpha value is -4.52. The van der Waals surface area contributed by atoms with Crippen LogP contribution in [-0.2, 0) is 24.2 Å². The fourth-order valence-corrected chi connectivity index (χ4v) is 4.01. The van der Waals surface area contributed by atoms with Crippen LogP contribution in [-0.4, -0.2) is 35.4 Å². The highest BCUT2D eigenvalue weighted by atomic mass is 16.5. The van der Waals surface area contributed by atoms with Gasteiger partial charge >= 0.3 is 0 Å². The number of nitrogens with one attached hydrogen (secondary N) is 2. The van der Waals surface area contributed by atoms with E-state index in [1.165, 1.54) is 0 Å². The molecule has 37 heavy (non-hydrogen) atoms. The quantitative estimate of drug-likeness (QED) is 0.323. The summed E-state index contributed by atoms with van der Waals surface area (Å²) in [6.45, 7) is 0.811. The lowest BCUT2D eigenvalue weighted by Gasteiger charge is -2.14. The van der Waals surface area contributed by atoms with Crippen molar-refractivity contribution in [2.24, 2.45) is 0 Å². The first-order chi connectivity index (χ1) is 18.1. The molecule has 7 nitrogen and oxygen atoms in total. The lowest BCUT2D eigenvalue weighted by molar-refractivity contribution is -0.121. The summed E-state index contributed by atoms with van der Waals surface area (Å²) in [5.74, 6) is 0.510. The number of amides is 2. The van der Waals surface area contributed by atoms with Crippen LogP contribution in [0.4, 0.5) is 0 Å². The molecule has 0 bridgehead atoms. The van der Waals surface area contributed by atoms with Gasteiger partial charge in [0.15, 0.2) is 0 Å². The Kier molecular flexibility index (Phi) is 8.97. The fraction of sp³-hybridized carbons (Fsp3) is 0.200. The number of carbonyl (C=O) groups excluding carboxylic acids is 2. The summed E-state index contributed by atoms with van der Waals surface area (Å²) in [7, 11) is 1.63. The van der Waals surface area contributed by atoms with Gasteiger partial charge in [0.1, 0.15) is 11.4 Å². The molecule has 2 heterocycles. The molecular weight excluding hydrogens is 464 g/mol. The van der Waals surface area contributed by atoms with Gasteiger partial charge in [0.05, 0.1) is 7.11 Å². The number of pyridine rings is 2. The second-order valence-electron chi connectivity index (χ2n) is 8.51. The van der Waals surface area contributed by atoms with Crippen LogP contribution in [0.5, 0.6) is 5.75 Å². The number of ether oxygens (including phenoxy) is 1. The highest BCUT2D eigenvalue weighted by molar-refractivity contribution is 5.99. The Morgan fingerprint density at radius 3 is 2.32 bits per heavy atom. The third-order valence-electron chi connectivity index (χ3n) is 6.00. The summed E-state index contributed by atoms with van der Waals surface area (Å²) in [5, 5.41) is 5.96. The smallest absolute Gasteiger partial charge is 0.270 e. The molecule has 0 saturated heterocycles. The van der Waals surface area contributed by atoms with Gasteiger partial charge in [-0.2, -0.15) is 0 Å². The van der Waals surface area contributed by atoms with E-state index in [2.05, 4.69) is 20.6 Å². The van der Waals surface area contributed by atoms with Gasteiger partial charge < -0.3 is 15.4 Å². The Morgan fingerprint density at radius 2 is 1.54 bits per heavy atom. The van der Waals surface area contributed by atoms with Crippen LogP contribution < -0.4 is 15.4 Å². The molecule has 0 saturated carbocycles. The van der Waals surface area contributed by atoms with Gasteiger partial charge in [0, 0.05) is 49.6 Å². The van der Waals surface area contributed by atoms with Crippen molar-refractivity contribution in [1.82, 2.24) is 20.6 Å². The van der Waals surface area contributed by atoms with Crippen LogP contribution in [0.2, 0.25) is 0 Å². The molecule has 4 rings (SSSR count). The topological polar surface area (TPSA) is 93.2 Å². The van der Waals surface area contributed by atoms with Crippen LogP contribution >= 0.6 is 0 Å². The highest BCUT2D eigenvalue weighted by Gasteiger charge is 2.16. The Bertz CT molecular complexity index is 1320. The maximum atomic E-state index is 13.0. The zero-order chi connectivity index (χ0) is 25.9. The third kappa shape index (κ3) is 7.24. The number of rotatable bonds is 11. The molecule has 7 heteroatoms. The van der Waals surface area contributed by atoms with Crippen molar-refractivity contribution >= 4 is 11.8 Å². The van der Waals surface area contributed by atoms with Crippen molar-refractivity contribution in [3.05, 3.63) is 114 Å². The maximum Gasteiger partial charge on any atom is 0.270 e. The standard InChI is InChI=1S/C30H30N4O3/c1-37-25-14-11-22(12-15-25)13-16-28(35)34-21-23-7-2-3-9-26(23)27-10-6-19-32-29(27)30(36)33-20-17-24-8-4-5-18-31-24/h2-12,14-15,18-19H,13,16-17,20-21H2,1H3,(H,33,36)(H,34,35). The first-order valence-electron chi connectivity index (χ1n) is 12.2. The zero-order valence-electron chi connectivity index (χ0n) is 20.8. The van der Waals surface area contributed by atoms with E-state index >= 15 is 0 Å². The van der Waals surface area contributed by atoms with Crippen molar-refractivity contribution in [3.8, 4) is 16.9 Å². The molecule has 0 spiro atoms. The molecule has 0 aliphatic rings. The number of aromatic nitrogens is 2. The molecule has 2 N–H and O–H groups in total. The predicted molar refractivity (Wildman–Crippen MR) is 143 cm³/mol. The van der Waals surface area contributed by atoms with Crippen molar-refractivity contribution in [2.75, 3.05) is 13.7 Å². The van der Waals surface area contributed by atoms with Gasteiger partial charge in [0.25, 0.3) is 5.91 Å². The summed E-state index contributed by atoms with van der Waals surface area (Å²) < 4.78 is 5.18. The fourth-order valence-electron chi connectivity index (χ4n) is 4.01. The number of hydrogen-bond acceptors (Lipinski definition) is 5. The molecule has 0 aliphatic heterocycles. The van der Waals surface area contributed by atoms with E-state index in [4.69, 9.17) is 4.74 Å². The van der Waals surface area contributed by atoms with Crippen LogP contribution in [0.15, 0.2) is 91.3 Å². The Balaban J connectivity index is 1.38. The van der Waals surface area contributed by atoms with E-state index in [9.17, 15) is 9.59 Å². The zero-order valence-corrected chi connectivity index (χ0v) is 20.8. The van der Waals surface area contributed by atoms with Crippen LogP contribution in [0, 0.1) is 0 Å². The minimum absolute atomic E-state index is 0.0377. The van der Waals surface area contributed by atoms with E-state index in [-0.39, 0.29) is 11.8 Å². The summed E-state index contributed by atoms with van der Waals surface area (Å²) >= 11 is 0. The molecular formula is C30H30N4O3. The molecule has 2 aromatic carbocycles. The molecule has 0 radical (unpaired) electrons. The van der Waals surface area contributed by atoms with E-state index in [1.807, 2.05) is 78.9 Å². The summed E-state index contributed by atoms with van der Waals surface area (Å²) in [6.07, 6.45) is 5.01. The lowest BCUT2D eigenvalue weighted by atomic mass is 9.97. The molecule has 0 fully saturated rings. The molecule has 0 aliphatic carbocycles.